The van der Waals surface area contributed by atoms with Crippen molar-refractivity contribution < 1.29 is 14.6 Å². The minimum atomic E-state index is -0.728. The van der Waals surface area contributed by atoms with Crippen molar-refractivity contribution in [2.45, 2.75) is 70.3 Å². The number of anilines is 1. The lowest BCUT2D eigenvalue weighted by Gasteiger charge is -2.40. The molecule has 1 aliphatic rings. The van der Waals surface area contributed by atoms with Crippen molar-refractivity contribution in [3.05, 3.63) is 63.8 Å². The number of cyclic esters (lactones) is 1. The number of thiazole rings is 1. The molecule has 1 atom stereocenters. The lowest BCUT2D eigenvalue weighted by Crippen LogP contribution is -2.44. The zero-order valence-electron chi connectivity index (χ0n) is 20.3. The van der Waals surface area contributed by atoms with Gasteiger partial charge in [-0.1, -0.05) is 81.1 Å². The maximum Gasteiger partial charge on any atom is 0.349 e. The third-order valence-electron chi connectivity index (χ3n) is 6.61. The molecule has 1 aliphatic heterocycles. The molecule has 7 heteroatoms. The molecule has 0 radical (unpaired) electrons. The third-order valence-corrected chi connectivity index (χ3v) is 8.69. The van der Waals surface area contributed by atoms with Crippen molar-refractivity contribution in [1.29, 1.82) is 0 Å². The number of aryl methyl sites for hydroxylation is 2. The molecule has 1 unspecified atom stereocenters. The smallest absolute Gasteiger partial charge is 0.349 e. The standard InChI is InChI=1S/C27H32N2O3S2/c1-15(2)21-20(13-17(5)22-24(21)34-26(28)29-22)33-23-19(30)14-27(16(3)4,32-25(23)31)12-11-18-9-7-6-8-10-18/h6-10,13,15-16,30H,11-12,14H2,1-5H3,(H2,28,29). The number of ether oxygens (including phenoxy) is 1. The van der Waals surface area contributed by atoms with Gasteiger partial charge in [-0.25, -0.2) is 9.78 Å². The van der Waals surface area contributed by atoms with E-state index in [2.05, 4.69) is 31.0 Å². The Balaban J connectivity index is 1.67. The zero-order chi connectivity index (χ0) is 24.6. The minimum absolute atomic E-state index is 0.0684. The minimum Gasteiger partial charge on any atom is -0.511 e. The number of esters is 1. The largest absolute Gasteiger partial charge is 0.511 e. The summed E-state index contributed by atoms with van der Waals surface area (Å²) >= 11 is 2.76. The van der Waals surface area contributed by atoms with Gasteiger partial charge in [-0.15, -0.1) is 0 Å². The second kappa shape index (κ2) is 9.62. The number of thioether (sulfide) groups is 1. The maximum atomic E-state index is 13.3. The summed E-state index contributed by atoms with van der Waals surface area (Å²) in [7, 11) is 0. The van der Waals surface area contributed by atoms with Gasteiger partial charge in [-0.05, 0) is 54.4 Å². The SMILES string of the molecule is Cc1cc(SC2=C(O)CC(CCc3ccccc3)(C(C)C)OC2=O)c(C(C)C)c2sc(N)nc12. The van der Waals surface area contributed by atoms with Crippen LogP contribution in [0.3, 0.4) is 0 Å². The molecule has 5 nitrogen and oxygen atoms in total. The highest BCUT2D eigenvalue weighted by Gasteiger charge is 2.44. The van der Waals surface area contributed by atoms with Crippen LogP contribution >= 0.6 is 23.1 Å². The first-order valence-electron chi connectivity index (χ1n) is 11.7. The summed E-state index contributed by atoms with van der Waals surface area (Å²) in [5.41, 5.74) is 9.47. The number of nitrogens with zero attached hydrogens (tertiary/aromatic N) is 1. The molecule has 3 aromatic rings. The van der Waals surface area contributed by atoms with Gasteiger partial charge in [0, 0.05) is 11.3 Å². The van der Waals surface area contributed by atoms with E-state index in [1.165, 1.54) is 28.7 Å². The molecular formula is C27H32N2O3S2. The quantitative estimate of drug-likeness (QED) is 0.338. The molecule has 0 amide bonds. The fourth-order valence-corrected chi connectivity index (χ4v) is 6.97. The Bertz CT molecular complexity index is 1250. The second-order valence-electron chi connectivity index (χ2n) is 9.64. The van der Waals surface area contributed by atoms with Crippen LogP contribution in [-0.4, -0.2) is 21.7 Å². The van der Waals surface area contributed by atoms with E-state index in [4.69, 9.17) is 10.5 Å². The summed E-state index contributed by atoms with van der Waals surface area (Å²) in [4.78, 5) is 19.0. The number of hydrogen-bond acceptors (Lipinski definition) is 7. The number of fused-ring (bicyclic) bond motifs is 1. The molecule has 34 heavy (non-hydrogen) atoms. The molecule has 1 aromatic heterocycles. The monoisotopic (exact) mass is 496 g/mol. The molecule has 0 bridgehead atoms. The summed E-state index contributed by atoms with van der Waals surface area (Å²) in [6.07, 6.45) is 1.75. The molecular weight excluding hydrogens is 464 g/mol. The first-order chi connectivity index (χ1) is 16.1. The number of nitrogens with two attached hydrogens (primary N) is 1. The topological polar surface area (TPSA) is 85.4 Å². The van der Waals surface area contributed by atoms with Crippen molar-refractivity contribution in [3.8, 4) is 0 Å². The Morgan fingerprint density at radius 1 is 1.24 bits per heavy atom. The lowest BCUT2D eigenvalue weighted by molar-refractivity contribution is -0.164. The number of nitrogen functional groups attached to an aromatic ring is 1. The summed E-state index contributed by atoms with van der Waals surface area (Å²) < 4.78 is 7.17. The van der Waals surface area contributed by atoms with E-state index < -0.39 is 11.6 Å². The highest BCUT2D eigenvalue weighted by atomic mass is 32.2. The molecule has 4 rings (SSSR count). The van der Waals surface area contributed by atoms with E-state index in [9.17, 15) is 9.90 Å². The van der Waals surface area contributed by atoms with Gasteiger partial charge in [0.2, 0.25) is 0 Å². The average molecular weight is 497 g/mol. The number of carbonyl (C=O) groups is 1. The Labute approximate surface area is 209 Å². The number of rotatable bonds is 7. The second-order valence-corrected chi connectivity index (χ2v) is 11.7. The number of carbonyl (C=O) groups excluding carboxylic acids is 1. The lowest BCUT2D eigenvalue weighted by atomic mass is 9.80. The van der Waals surface area contributed by atoms with Gasteiger partial charge in [0.15, 0.2) is 5.13 Å². The van der Waals surface area contributed by atoms with Crippen LogP contribution < -0.4 is 5.73 Å². The Kier molecular flexibility index (Phi) is 6.97. The highest BCUT2D eigenvalue weighted by Crippen LogP contribution is 2.46. The van der Waals surface area contributed by atoms with Crippen molar-refractivity contribution in [2.75, 3.05) is 5.73 Å². The molecule has 0 spiro atoms. The molecule has 0 aliphatic carbocycles. The van der Waals surface area contributed by atoms with Gasteiger partial charge in [0.1, 0.15) is 16.3 Å². The number of hydrogen-bond donors (Lipinski definition) is 2. The van der Waals surface area contributed by atoms with Gasteiger partial charge >= 0.3 is 5.97 Å². The maximum absolute atomic E-state index is 13.3. The van der Waals surface area contributed by atoms with E-state index in [-0.39, 0.29) is 22.5 Å². The number of aliphatic hydroxyl groups is 1. The van der Waals surface area contributed by atoms with E-state index in [1.807, 2.05) is 45.0 Å². The summed E-state index contributed by atoms with van der Waals surface area (Å²) in [6, 6.07) is 12.2. The van der Waals surface area contributed by atoms with Crippen LogP contribution in [0.15, 0.2) is 52.0 Å². The zero-order valence-corrected chi connectivity index (χ0v) is 22.0. The molecule has 3 N–H and O–H groups in total. The van der Waals surface area contributed by atoms with E-state index in [0.717, 1.165) is 32.7 Å². The highest BCUT2D eigenvalue weighted by molar-refractivity contribution is 8.04. The molecule has 0 fully saturated rings. The molecule has 180 valence electrons. The molecule has 0 saturated carbocycles. The van der Waals surface area contributed by atoms with Gasteiger partial charge < -0.3 is 15.6 Å². The fourth-order valence-electron chi connectivity index (χ4n) is 4.58. The van der Waals surface area contributed by atoms with Crippen LogP contribution in [0.1, 0.15) is 63.1 Å². The van der Waals surface area contributed by atoms with Crippen molar-refractivity contribution in [3.63, 3.8) is 0 Å². The summed E-state index contributed by atoms with van der Waals surface area (Å²) in [5, 5.41) is 11.7. The number of aliphatic hydroxyl groups excluding tert-OH is 1. The van der Waals surface area contributed by atoms with E-state index in [0.29, 0.717) is 18.0 Å². The molecule has 2 aromatic carbocycles. The Hall–Kier alpha value is -2.51. The number of aromatic nitrogens is 1. The predicted molar refractivity (Wildman–Crippen MR) is 141 cm³/mol. The average Bonchev–Trinajstić information content (AvgIpc) is 3.17. The summed E-state index contributed by atoms with van der Waals surface area (Å²) in [5.74, 6) is -0.0710. The van der Waals surface area contributed by atoms with Crippen molar-refractivity contribution in [1.82, 2.24) is 4.98 Å². The van der Waals surface area contributed by atoms with E-state index >= 15 is 0 Å². The van der Waals surface area contributed by atoms with Crippen LogP contribution in [0, 0.1) is 12.8 Å². The van der Waals surface area contributed by atoms with Crippen LogP contribution in [0.25, 0.3) is 10.2 Å². The predicted octanol–water partition coefficient (Wildman–Crippen LogP) is 7.15. The fraction of sp³-hybridized carbons (Fsp3) is 0.407. The van der Waals surface area contributed by atoms with Crippen LogP contribution in [-0.2, 0) is 16.0 Å². The molecule has 0 saturated heterocycles. The Morgan fingerprint density at radius 3 is 2.56 bits per heavy atom. The van der Waals surface area contributed by atoms with Gasteiger partial charge in [0.05, 0.1) is 10.2 Å². The van der Waals surface area contributed by atoms with Gasteiger partial charge in [-0.2, -0.15) is 0 Å². The van der Waals surface area contributed by atoms with Crippen LogP contribution in [0.5, 0.6) is 0 Å². The van der Waals surface area contributed by atoms with Crippen molar-refractivity contribution in [2.24, 2.45) is 5.92 Å². The van der Waals surface area contributed by atoms with Gasteiger partial charge in [-0.3, -0.25) is 0 Å². The van der Waals surface area contributed by atoms with Crippen LogP contribution in [0.2, 0.25) is 0 Å². The van der Waals surface area contributed by atoms with E-state index in [1.54, 1.807) is 0 Å². The molecule has 2 heterocycles. The Morgan fingerprint density at radius 2 is 1.94 bits per heavy atom. The van der Waals surface area contributed by atoms with Crippen molar-refractivity contribution >= 4 is 44.4 Å². The first kappa shape index (κ1) is 24.6. The normalized spacial score (nSPS) is 18.9. The van der Waals surface area contributed by atoms with Crippen LogP contribution in [0.4, 0.5) is 5.13 Å². The third kappa shape index (κ3) is 4.68. The first-order valence-corrected chi connectivity index (χ1v) is 13.3. The number of benzene rings is 2. The summed E-state index contributed by atoms with van der Waals surface area (Å²) in [6.45, 7) is 10.3. The van der Waals surface area contributed by atoms with Gasteiger partial charge in [0.25, 0.3) is 0 Å².